The second kappa shape index (κ2) is 7.18. The van der Waals surface area contributed by atoms with E-state index in [1.807, 2.05) is 0 Å². The highest BCUT2D eigenvalue weighted by atomic mass is 35.5. The van der Waals surface area contributed by atoms with E-state index in [0.717, 1.165) is 5.56 Å². The number of sulfone groups is 1. The standard InChI is InChI=1S/C14H21Cl2NO3S/c1-14(2,3)21(18,19)6-5-20-13-10(9-17-4)7-11(15)8-12(13)16/h7-8,17H,5-6,9H2,1-4H3. The molecule has 0 atom stereocenters. The highest BCUT2D eigenvalue weighted by Gasteiger charge is 2.28. The number of ether oxygens (including phenoxy) is 1. The van der Waals surface area contributed by atoms with Crippen LogP contribution >= 0.6 is 23.2 Å². The summed E-state index contributed by atoms with van der Waals surface area (Å²) in [6.45, 7) is 5.59. The maximum Gasteiger partial charge on any atom is 0.158 e. The Labute approximate surface area is 136 Å². The normalized spacial score (nSPS) is 12.5. The van der Waals surface area contributed by atoms with E-state index in [9.17, 15) is 8.42 Å². The highest BCUT2D eigenvalue weighted by Crippen LogP contribution is 2.32. The van der Waals surface area contributed by atoms with Gasteiger partial charge in [-0.3, -0.25) is 0 Å². The van der Waals surface area contributed by atoms with Gasteiger partial charge in [0.1, 0.15) is 12.4 Å². The molecule has 0 aliphatic carbocycles. The molecule has 0 bridgehead atoms. The topological polar surface area (TPSA) is 55.4 Å². The third-order valence-corrected chi connectivity index (χ3v) is 6.05. The molecule has 0 fully saturated rings. The van der Waals surface area contributed by atoms with Crippen molar-refractivity contribution in [3.63, 3.8) is 0 Å². The summed E-state index contributed by atoms with van der Waals surface area (Å²) in [5, 5.41) is 3.88. The summed E-state index contributed by atoms with van der Waals surface area (Å²) in [5.74, 6) is 0.411. The molecule has 0 saturated heterocycles. The molecule has 1 N–H and O–H groups in total. The summed E-state index contributed by atoms with van der Waals surface area (Å²) in [6.07, 6.45) is 0. The molecule has 4 nitrogen and oxygen atoms in total. The minimum Gasteiger partial charge on any atom is -0.491 e. The predicted octanol–water partition coefficient (Wildman–Crippen LogP) is 3.30. The minimum absolute atomic E-state index is 0.0532. The van der Waals surface area contributed by atoms with E-state index < -0.39 is 14.6 Å². The van der Waals surface area contributed by atoms with Gasteiger partial charge in [0.2, 0.25) is 0 Å². The van der Waals surface area contributed by atoms with Crippen LogP contribution in [0.5, 0.6) is 5.75 Å². The third-order valence-electron chi connectivity index (χ3n) is 2.98. The molecule has 0 aliphatic heterocycles. The van der Waals surface area contributed by atoms with Crippen LogP contribution in [0.1, 0.15) is 26.3 Å². The molecule has 0 saturated carbocycles. The van der Waals surface area contributed by atoms with Gasteiger partial charge in [-0.15, -0.1) is 0 Å². The lowest BCUT2D eigenvalue weighted by Crippen LogP contribution is -2.32. The molecule has 1 aromatic rings. The van der Waals surface area contributed by atoms with Gasteiger partial charge in [-0.25, -0.2) is 8.42 Å². The summed E-state index contributed by atoms with van der Waals surface area (Å²) in [7, 11) is -1.43. The number of nitrogens with one attached hydrogen (secondary N) is 1. The Morgan fingerprint density at radius 1 is 1.24 bits per heavy atom. The van der Waals surface area contributed by atoms with E-state index in [1.165, 1.54) is 0 Å². The zero-order valence-electron chi connectivity index (χ0n) is 12.7. The monoisotopic (exact) mass is 353 g/mol. The number of hydrogen-bond donors (Lipinski definition) is 1. The molecule has 0 amide bonds. The summed E-state index contributed by atoms with van der Waals surface area (Å²) in [5.41, 5.74) is 0.795. The molecule has 0 spiro atoms. The highest BCUT2D eigenvalue weighted by molar-refractivity contribution is 7.92. The second-order valence-electron chi connectivity index (χ2n) is 5.69. The lowest BCUT2D eigenvalue weighted by Gasteiger charge is -2.20. The second-order valence-corrected chi connectivity index (χ2v) is 9.39. The maximum atomic E-state index is 12.0. The molecule has 0 radical (unpaired) electrons. The van der Waals surface area contributed by atoms with Crippen LogP contribution in [-0.2, 0) is 16.4 Å². The van der Waals surface area contributed by atoms with Crippen LogP contribution in [0.3, 0.4) is 0 Å². The van der Waals surface area contributed by atoms with Gasteiger partial charge >= 0.3 is 0 Å². The third kappa shape index (κ3) is 5.02. The van der Waals surface area contributed by atoms with Crippen molar-refractivity contribution in [3.05, 3.63) is 27.7 Å². The fraction of sp³-hybridized carbons (Fsp3) is 0.571. The fourth-order valence-electron chi connectivity index (χ4n) is 1.66. The summed E-state index contributed by atoms with van der Waals surface area (Å²) in [6, 6.07) is 3.33. The van der Waals surface area contributed by atoms with E-state index in [1.54, 1.807) is 40.0 Å². The molecule has 0 aromatic heterocycles. The van der Waals surface area contributed by atoms with Crippen LogP contribution in [0, 0.1) is 0 Å². The van der Waals surface area contributed by atoms with Crippen LogP contribution < -0.4 is 10.1 Å². The Bertz CT molecular complexity index is 595. The van der Waals surface area contributed by atoms with Crippen LogP contribution in [0.15, 0.2) is 12.1 Å². The van der Waals surface area contributed by atoms with Crippen LogP contribution in [-0.4, -0.2) is 32.6 Å². The van der Waals surface area contributed by atoms with Crippen LogP contribution in [0.4, 0.5) is 0 Å². The van der Waals surface area contributed by atoms with Crippen LogP contribution in [0.2, 0.25) is 10.0 Å². The van der Waals surface area contributed by atoms with Gasteiger partial charge in [0.25, 0.3) is 0 Å². The Morgan fingerprint density at radius 2 is 1.86 bits per heavy atom. The van der Waals surface area contributed by atoms with Crippen molar-refractivity contribution in [2.75, 3.05) is 19.4 Å². The Morgan fingerprint density at radius 3 is 2.38 bits per heavy atom. The SMILES string of the molecule is CNCc1cc(Cl)cc(Cl)c1OCCS(=O)(=O)C(C)(C)C. The van der Waals surface area contributed by atoms with Crippen LogP contribution in [0.25, 0.3) is 0 Å². The number of benzene rings is 1. The van der Waals surface area contributed by atoms with Crippen molar-refractivity contribution in [2.45, 2.75) is 32.1 Å². The average molecular weight is 354 g/mol. The van der Waals surface area contributed by atoms with Crippen molar-refractivity contribution >= 4 is 33.0 Å². The van der Waals surface area contributed by atoms with E-state index in [2.05, 4.69) is 5.32 Å². The first-order chi connectivity index (χ1) is 9.58. The average Bonchev–Trinajstić information content (AvgIpc) is 2.31. The van der Waals surface area contributed by atoms with Gasteiger partial charge in [0.05, 0.1) is 15.5 Å². The minimum atomic E-state index is -3.22. The van der Waals surface area contributed by atoms with E-state index >= 15 is 0 Å². The largest absolute Gasteiger partial charge is 0.491 e. The predicted molar refractivity (Wildman–Crippen MR) is 88.3 cm³/mol. The first kappa shape index (κ1) is 18.6. The van der Waals surface area contributed by atoms with Crippen molar-refractivity contribution < 1.29 is 13.2 Å². The fourth-order valence-corrected chi connectivity index (χ4v) is 3.16. The first-order valence-corrected chi connectivity index (χ1v) is 8.97. The Kier molecular flexibility index (Phi) is 6.35. The van der Waals surface area contributed by atoms with Crippen molar-refractivity contribution in [2.24, 2.45) is 0 Å². The molecule has 1 aromatic carbocycles. The Hall–Kier alpha value is -0.490. The van der Waals surface area contributed by atoms with Crippen molar-refractivity contribution in [1.82, 2.24) is 5.32 Å². The summed E-state index contributed by atoms with van der Waals surface area (Å²) < 4.78 is 28.9. The molecule has 0 aliphatic rings. The van der Waals surface area contributed by atoms with Gasteiger partial charge < -0.3 is 10.1 Å². The summed E-state index contributed by atoms with van der Waals surface area (Å²) >= 11 is 12.1. The van der Waals surface area contributed by atoms with E-state index in [4.69, 9.17) is 27.9 Å². The molecule has 21 heavy (non-hydrogen) atoms. The smallest absolute Gasteiger partial charge is 0.158 e. The van der Waals surface area contributed by atoms with Gasteiger partial charge in [-0.05, 0) is 40.0 Å². The van der Waals surface area contributed by atoms with Crippen molar-refractivity contribution in [1.29, 1.82) is 0 Å². The lowest BCUT2D eigenvalue weighted by molar-refractivity contribution is 0.335. The molecule has 1 rings (SSSR count). The van der Waals surface area contributed by atoms with Crippen molar-refractivity contribution in [3.8, 4) is 5.75 Å². The molecular formula is C14H21Cl2NO3S. The summed E-state index contributed by atoms with van der Waals surface area (Å²) in [4.78, 5) is 0. The Balaban J connectivity index is 2.85. The molecule has 0 heterocycles. The zero-order chi connectivity index (χ0) is 16.3. The van der Waals surface area contributed by atoms with Gasteiger partial charge in [0.15, 0.2) is 9.84 Å². The molecule has 120 valence electrons. The quantitative estimate of drug-likeness (QED) is 0.852. The van der Waals surface area contributed by atoms with E-state index in [0.29, 0.717) is 22.3 Å². The first-order valence-electron chi connectivity index (χ1n) is 6.56. The molecule has 7 heteroatoms. The number of hydrogen-bond acceptors (Lipinski definition) is 4. The maximum absolute atomic E-state index is 12.0. The number of halogens is 2. The van der Waals surface area contributed by atoms with Gasteiger partial charge in [-0.1, -0.05) is 23.2 Å². The lowest BCUT2D eigenvalue weighted by atomic mass is 10.2. The number of rotatable bonds is 6. The van der Waals surface area contributed by atoms with Gasteiger partial charge in [-0.2, -0.15) is 0 Å². The molecular weight excluding hydrogens is 333 g/mol. The molecule has 0 unspecified atom stereocenters. The zero-order valence-corrected chi connectivity index (χ0v) is 15.0. The van der Waals surface area contributed by atoms with Gasteiger partial charge in [0, 0.05) is 17.1 Å². The van der Waals surface area contributed by atoms with E-state index in [-0.39, 0.29) is 12.4 Å².